The molecule has 1 aromatic heterocycles. The lowest BCUT2D eigenvalue weighted by molar-refractivity contribution is -0.122. The number of rotatable bonds is 6. The number of nitrogens with zero attached hydrogens (tertiary/aromatic N) is 2. The van der Waals surface area contributed by atoms with Gasteiger partial charge < -0.3 is 15.7 Å². The number of carbonyl (C=O) groups excluding carboxylic acids is 1. The van der Waals surface area contributed by atoms with Crippen LogP contribution in [0.4, 0.5) is 5.82 Å². The number of anilines is 1. The molecule has 1 atom stereocenters. The highest BCUT2D eigenvalue weighted by Crippen LogP contribution is 2.19. The van der Waals surface area contributed by atoms with Crippen LogP contribution in [-0.2, 0) is 4.79 Å². The van der Waals surface area contributed by atoms with Gasteiger partial charge in [-0.1, -0.05) is 27.7 Å². The third kappa shape index (κ3) is 4.16. The fourth-order valence-electron chi connectivity index (χ4n) is 1.66. The van der Waals surface area contributed by atoms with Crippen LogP contribution in [0.3, 0.4) is 0 Å². The Kier molecular flexibility index (Phi) is 5.88. The first kappa shape index (κ1) is 16.4. The van der Waals surface area contributed by atoms with Crippen LogP contribution in [0.25, 0.3) is 0 Å². The third-order valence-corrected chi connectivity index (χ3v) is 2.94. The van der Waals surface area contributed by atoms with Crippen LogP contribution in [0.1, 0.15) is 51.0 Å². The summed E-state index contributed by atoms with van der Waals surface area (Å²) in [4.78, 5) is 20.5. The van der Waals surface area contributed by atoms with Gasteiger partial charge >= 0.3 is 0 Å². The highest BCUT2D eigenvalue weighted by Gasteiger charge is 2.18. The Morgan fingerprint density at radius 1 is 1.25 bits per heavy atom. The maximum absolute atomic E-state index is 11.6. The number of aliphatic hydroxyl groups is 1. The zero-order valence-electron chi connectivity index (χ0n) is 12.8. The van der Waals surface area contributed by atoms with Gasteiger partial charge in [-0.15, -0.1) is 0 Å². The Morgan fingerprint density at radius 3 is 2.35 bits per heavy atom. The van der Waals surface area contributed by atoms with Crippen molar-refractivity contribution >= 4 is 11.7 Å². The maximum Gasteiger partial charge on any atom is 0.244 e. The van der Waals surface area contributed by atoms with Crippen molar-refractivity contribution in [2.24, 2.45) is 0 Å². The molecule has 0 aliphatic carbocycles. The molecule has 0 saturated heterocycles. The summed E-state index contributed by atoms with van der Waals surface area (Å²) in [5.41, 5.74) is 0.916. The van der Waals surface area contributed by atoms with Crippen molar-refractivity contribution < 1.29 is 9.90 Å². The Morgan fingerprint density at radius 2 is 1.90 bits per heavy atom. The number of hydrogen-bond acceptors (Lipinski definition) is 5. The van der Waals surface area contributed by atoms with E-state index in [4.69, 9.17) is 0 Å². The van der Waals surface area contributed by atoms with Crippen molar-refractivity contribution in [3.8, 4) is 0 Å². The highest BCUT2D eigenvalue weighted by atomic mass is 16.3. The summed E-state index contributed by atoms with van der Waals surface area (Å²) < 4.78 is 0. The van der Waals surface area contributed by atoms with E-state index in [2.05, 4.69) is 34.4 Å². The average molecular weight is 280 g/mol. The van der Waals surface area contributed by atoms with E-state index >= 15 is 0 Å². The molecule has 3 N–H and O–H groups in total. The van der Waals surface area contributed by atoms with E-state index in [1.54, 1.807) is 0 Å². The molecule has 1 unspecified atom stereocenters. The van der Waals surface area contributed by atoms with E-state index in [-0.39, 0.29) is 24.3 Å². The summed E-state index contributed by atoms with van der Waals surface area (Å²) in [6, 6.07) is 1.11. The van der Waals surface area contributed by atoms with E-state index in [9.17, 15) is 9.90 Å². The third-order valence-electron chi connectivity index (χ3n) is 2.94. The van der Waals surface area contributed by atoms with Gasteiger partial charge in [0.15, 0.2) is 0 Å². The lowest BCUT2D eigenvalue weighted by Gasteiger charge is -2.18. The van der Waals surface area contributed by atoms with Crippen LogP contribution in [0.15, 0.2) is 6.07 Å². The molecular formula is C14H24N4O2. The van der Waals surface area contributed by atoms with Crippen LogP contribution in [-0.4, -0.2) is 40.7 Å². The highest BCUT2D eigenvalue weighted by molar-refractivity contribution is 5.84. The molecule has 1 amide bonds. The zero-order valence-corrected chi connectivity index (χ0v) is 12.8. The minimum absolute atomic E-state index is 0.196. The van der Waals surface area contributed by atoms with E-state index in [0.29, 0.717) is 5.82 Å². The van der Waals surface area contributed by atoms with Crippen molar-refractivity contribution in [2.45, 2.75) is 45.6 Å². The van der Waals surface area contributed by atoms with E-state index < -0.39 is 6.04 Å². The van der Waals surface area contributed by atoms with Gasteiger partial charge in [0.2, 0.25) is 5.91 Å². The largest absolute Gasteiger partial charge is 0.394 e. The topological polar surface area (TPSA) is 87.1 Å². The summed E-state index contributed by atoms with van der Waals surface area (Å²) in [5.74, 6) is 1.48. The number of aromatic nitrogens is 2. The summed E-state index contributed by atoms with van der Waals surface area (Å²) >= 11 is 0. The molecule has 0 spiro atoms. The summed E-state index contributed by atoms with van der Waals surface area (Å²) in [6.45, 7) is 7.85. The van der Waals surface area contributed by atoms with Crippen molar-refractivity contribution in [3.63, 3.8) is 0 Å². The van der Waals surface area contributed by atoms with Gasteiger partial charge in [-0.05, 0) is 5.92 Å². The predicted octanol–water partition coefficient (Wildman–Crippen LogP) is 1.24. The number of carbonyl (C=O) groups is 1. The molecule has 1 heterocycles. The van der Waals surface area contributed by atoms with Crippen molar-refractivity contribution in [1.29, 1.82) is 0 Å². The molecule has 112 valence electrons. The van der Waals surface area contributed by atoms with Crippen LogP contribution >= 0.6 is 0 Å². The van der Waals surface area contributed by atoms with Crippen molar-refractivity contribution in [3.05, 3.63) is 17.6 Å². The number of amides is 1. The normalized spacial score (nSPS) is 12.6. The molecule has 0 bridgehead atoms. The lowest BCUT2D eigenvalue weighted by Crippen LogP contribution is -2.40. The quantitative estimate of drug-likeness (QED) is 0.730. The number of likely N-dealkylation sites (N-methyl/N-ethyl adjacent to an activating group) is 1. The van der Waals surface area contributed by atoms with Gasteiger partial charge in [-0.3, -0.25) is 4.79 Å². The summed E-state index contributed by atoms with van der Waals surface area (Å²) in [5, 5.41) is 14.7. The standard InChI is InChI=1S/C14H24N4O2/c1-8(2)10-6-12(18-13(17-10)9(3)4)16-11(7-19)14(20)15-5/h6,8-9,11,19H,7H2,1-5H3,(H,15,20)(H,16,17,18). The lowest BCUT2D eigenvalue weighted by atomic mass is 10.1. The van der Waals surface area contributed by atoms with Crippen LogP contribution in [0, 0.1) is 0 Å². The Balaban J connectivity index is 3.07. The Labute approximate surface area is 120 Å². The molecule has 0 saturated carbocycles. The summed E-state index contributed by atoms with van der Waals surface area (Å²) in [7, 11) is 1.53. The molecule has 0 fully saturated rings. The Hall–Kier alpha value is -1.69. The van der Waals surface area contributed by atoms with Crippen molar-refractivity contribution in [2.75, 3.05) is 19.0 Å². The average Bonchev–Trinajstić information content (AvgIpc) is 2.43. The molecule has 6 heteroatoms. The fourth-order valence-corrected chi connectivity index (χ4v) is 1.66. The van der Waals surface area contributed by atoms with Gasteiger partial charge in [0.25, 0.3) is 0 Å². The van der Waals surface area contributed by atoms with E-state index in [1.165, 1.54) is 7.05 Å². The molecular weight excluding hydrogens is 256 g/mol. The van der Waals surface area contributed by atoms with Crippen LogP contribution < -0.4 is 10.6 Å². The van der Waals surface area contributed by atoms with Crippen molar-refractivity contribution in [1.82, 2.24) is 15.3 Å². The zero-order chi connectivity index (χ0) is 15.3. The van der Waals surface area contributed by atoms with Crippen LogP contribution in [0.2, 0.25) is 0 Å². The van der Waals surface area contributed by atoms with Gasteiger partial charge in [-0.2, -0.15) is 0 Å². The molecule has 1 aromatic rings. The molecule has 1 rings (SSSR count). The minimum atomic E-state index is -0.713. The molecule has 0 radical (unpaired) electrons. The predicted molar refractivity (Wildman–Crippen MR) is 78.8 cm³/mol. The number of nitrogens with one attached hydrogen (secondary N) is 2. The second-order valence-electron chi connectivity index (χ2n) is 5.34. The maximum atomic E-state index is 11.6. The molecule has 0 aliphatic rings. The molecule has 0 aliphatic heterocycles. The van der Waals surface area contributed by atoms with Gasteiger partial charge in [0, 0.05) is 24.7 Å². The first-order valence-corrected chi connectivity index (χ1v) is 6.86. The molecule has 6 nitrogen and oxygen atoms in total. The van der Waals surface area contributed by atoms with Gasteiger partial charge in [0.05, 0.1) is 6.61 Å². The minimum Gasteiger partial charge on any atom is -0.394 e. The Bertz CT molecular complexity index is 434. The molecule has 0 aromatic carbocycles. The SMILES string of the molecule is CNC(=O)C(CO)Nc1cc(C(C)C)nc(C(C)C)n1. The van der Waals surface area contributed by atoms with Crippen LogP contribution in [0.5, 0.6) is 0 Å². The van der Waals surface area contributed by atoms with Gasteiger partial charge in [-0.25, -0.2) is 9.97 Å². The number of hydrogen-bond donors (Lipinski definition) is 3. The monoisotopic (exact) mass is 280 g/mol. The fraction of sp³-hybridized carbons (Fsp3) is 0.643. The second kappa shape index (κ2) is 7.19. The molecule has 20 heavy (non-hydrogen) atoms. The van der Waals surface area contributed by atoms with E-state index in [1.807, 2.05) is 19.9 Å². The smallest absolute Gasteiger partial charge is 0.244 e. The number of aliphatic hydroxyl groups excluding tert-OH is 1. The first-order valence-electron chi connectivity index (χ1n) is 6.86. The second-order valence-corrected chi connectivity index (χ2v) is 5.34. The summed E-state index contributed by atoms with van der Waals surface area (Å²) in [6.07, 6.45) is 0. The van der Waals surface area contributed by atoms with Gasteiger partial charge in [0.1, 0.15) is 17.7 Å². The van der Waals surface area contributed by atoms with E-state index in [0.717, 1.165) is 11.5 Å². The first-order chi connectivity index (χ1) is 9.38.